The van der Waals surface area contributed by atoms with Gasteiger partial charge in [0.2, 0.25) is 0 Å². The van der Waals surface area contributed by atoms with Gasteiger partial charge in [0.1, 0.15) is 17.6 Å². The number of carbonyl (C=O) groups excluding carboxylic acids is 1. The number of ketones is 1. The molecule has 1 saturated carbocycles. The summed E-state index contributed by atoms with van der Waals surface area (Å²) >= 11 is 9.20. The molecule has 0 saturated heterocycles. The molecule has 0 aliphatic heterocycles. The maximum absolute atomic E-state index is 11.6. The van der Waals surface area contributed by atoms with Gasteiger partial charge in [-0.05, 0) is 37.8 Å². The van der Waals surface area contributed by atoms with Crippen LogP contribution in [0.15, 0.2) is 18.2 Å². The molecule has 20 heavy (non-hydrogen) atoms. The van der Waals surface area contributed by atoms with Crippen molar-refractivity contribution in [1.82, 2.24) is 0 Å². The molecule has 0 heterocycles. The summed E-state index contributed by atoms with van der Waals surface area (Å²) in [5.41, 5.74) is 0.450. The minimum absolute atomic E-state index is 0.123. The lowest BCUT2D eigenvalue weighted by molar-refractivity contribution is -0.121. The highest BCUT2D eigenvalue weighted by atomic mass is 79.9. The molecular formula is C15H15BrClNO2. The number of rotatable bonds is 4. The molecule has 1 fully saturated rings. The van der Waals surface area contributed by atoms with E-state index in [0.717, 1.165) is 25.7 Å². The van der Waals surface area contributed by atoms with Gasteiger partial charge in [0.25, 0.3) is 0 Å². The zero-order valence-corrected chi connectivity index (χ0v) is 13.3. The van der Waals surface area contributed by atoms with Gasteiger partial charge in [0, 0.05) is 12.0 Å². The number of alkyl halides is 1. The van der Waals surface area contributed by atoms with Crippen LogP contribution in [0.4, 0.5) is 0 Å². The summed E-state index contributed by atoms with van der Waals surface area (Å²) in [6.45, 7) is 0. The Bertz CT molecular complexity index is 533. The fourth-order valence-corrected chi connectivity index (χ4v) is 3.13. The van der Waals surface area contributed by atoms with Crippen molar-refractivity contribution in [3.8, 4) is 11.8 Å². The van der Waals surface area contributed by atoms with Crippen LogP contribution < -0.4 is 4.74 Å². The summed E-state index contributed by atoms with van der Waals surface area (Å²) in [4.78, 5) is 11.6. The van der Waals surface area contributed by atoms with Crippen molar-refractivity contribution in [2.75, 3.05) is 5.33 Å². The van der Waals surface area contributed by atoms with Gasteiger partial charge in [-0.3, -0.25) is 4.79 Å². The molecule has 2 rings (SSSR count). The van der Waals surface area contributed by atoms with E-state index in [9.17, 15) is 4.79 Å². The molecule has 0 spiro atoms. The predicted octanol–water partition coefficient (Wildman–Crippen LogP) is 4.11. The number of benzene rings is 1. The molecule has 0 N–H and O–H groups in total. The number of carbonyl (C=O) groups is 1. The van der Waals surface area contributed by atoms with Crippen molar-refractivity contribution in [2.45, 2.75) is 31.8 Å². The molecule has 0 atom stereocenters. The van der Waals surface area contributed by atoms with Crippen molar-refractivity contribution in [2.24, 2.45) is 5.92 Å². The monoisotopic (exact) mass is 355 g/mol. The first kappa shape index (κ1) is 15.3. The fourth-order valence-electron chi connectivity index (χ4n) is 2.46. The number of nitriles is 1. The average molecular weight is 357 g/mol. The van der Waals surface area contributed by atoms with E-state index in [1.807, 2.05) is 6.07 Å². The van der Waals surface area contributed by atoms with Gasteiger partial charge in [0.15, 0.2) is 0 Å². The van der Waals surface area contributed by atoms with E-state index in [1.54, 1.807) is 18.2 Å². The Balaban J connectivity index is 1.91. The van der Waals surface area contributed by atoms with E-state index < -0.39 is 0 Å². The summed E-state index contributed by atoms with van der Waals surface area (Å²) in [5.74, 6) is 1.13. The maximum atomic E-state index is 11.6. The normalized spacial score (nSPS) is 22.1. The largest absolute Gasteiger partial charge is 0.490 e. The molecule has 0 bridgehead atoms. The predicted molar refractivity (Wildman–Crippen MR) is 81.3 cm³/mol. The minimum atomic E-state index is 0.123. The lowest BCUT2D eigenvalue weighted by atomic mass is 9.85. The van der Waals surface area contributed by atoms with Gasteiger partial charge in [-0.2, -0.15) is 5.26 Å². The van der Waals surface area contributed by atoms with Crippen LogP contribution in [0.1, 0.15) is 31.2 Å². The Hall–Kier alpha value is -1.05. The van der Waals surface area contributed by atoms with Crippen LogP contribution in [0.3, 0.4) is 0 Å². The lowest BCUT2D eigenvalue weighted by Gasteiger charge is -2.28. The first-order valence-electron chi connectivity index (χ1n) is 6.59. The van der Waals surface area contributed by atoms with E-state index in [-0.39, 0.29) is 17.8 Å². The molecule has 5 heteroatoms. The standard InChI is InChI=1S/C15H15BrClNO2/c16-8-15(19)10-1-4-12(5-2-10)20-13-6-3-11(9-18)14(17)7-13/h3,6-7,10,12H,1-2,4-5,8H2/t10-,12-. The summed E-state index contributed by atoms with van der Waals surface area (Å²) in [5, 5.41) is 9.67. The zero-order chi connectivity index (χ0) is 14.5. The number of halogens is 2. The lowest BCUT2D eigenvalue weighted by Crippen LogP contribution is -2.28. The number of nitrogens with zero attached hydrogens (tertiary/aromatic N) is 1. The van der Waals surface area contributed by atoms with Crippen molar-refractivity contribution in [3.05, 3.63) is 28.8 Å². The van der Waals surface area contributed by atoms with Crippen molar-refractivity contribution < 1.29 is 9.53 Å². The van der Waals surface area contributed by atoms with Crippen LogP contribution in [-0.4, -0.2) is 17.2 Å². The van der Waals surface area contributed by atoms with E-state index in [2.05, 4.69) is 15.9 Å². The van der Waals surface area contributed by atoms with Crippen LogP contribution in [0, 0.1) is 17.2 Å². The second kappa shape index (κ2) is 7.10. The first-order chi connectivity index (χ1) is 9.63. The smallest absolute Gasteiger partial charge is 0.146 e. The molecule has 1 aliphatic rings. The molecule has 0 amide bonds. The molecule has 106 valence electrons. The van der Waals surface area contributed by atoms with E-state index >= 15 is 0 Å². The number of hydrogen-bond donors (Lipinski definition) is 0. The van der Waals surface area contributed by atoms with Gasteiger partial charge in [-0.25, -0.2) is 0 Å². The average Bonchev–Trinajstić information content (AvgIpc) is 2.47. The molecule has 0 radical (unpaired) electrons. The Morgan fingerprint density at radius 3 is 2.65 bits per heavy atom. The van der Waals surface area contributed by atoms with Crippen LogP contribution in [0.5, 0.6) is 5.75 Å². The van der Waals surface area contributed by atoms with Crippen LogP contribution in [0.25, 0.3) is 0 Å². The Morgan fingerprint density at radius 2 is 2.10 bits per heavy atom. The van der Waals surface area contributed by atoms with Crippen molar-refractivity contribution >= 4 is 33.3 Å². The summed E-state index contributed by atoms with van der Waals surface area (Å²) in [6, 6.07) is 7.13. The number of Topliss-reactive ketones (excluding diaryl/α,β-unsaturated/α-hetero) is 1. The highest BCUT2D eigenvalue weighted by Crippen LogP contribution is 2.30. The van der Waals surface area contributed by atoms with E-state index in [4.69, 9.17) is 21.6 Å². The minimum Gasteiger partial charge on any atom is -0.490 e. The third kappa shape index (κ3) is 3.74. The van der Waals surface area contributed by atoms with E-state index in [0.29, 0.717) is 21.7 Å². The molecule has 1 aromatic carbocycles. The molecule has 1 aromatic rings. The van der Waals surface area contributed by atoms with Crippen molar-refractivity contribution in [1.29, 1.82) is 5.26 Å². The highest BCUT2D eigenvalue weighted by molar-refractivity contribution is 9.09. The van der Waals surface area contributed by atoms with Gasteiger partial charge in [0.05, 0.1) is 22.0 Å². The van der Waals surface area contributed by atoms with Crippen LogP contribution in [-0.2, 0) is 4.79 Å². The Labute approximate surface area is 132 Å². The Morgan fingerprint density at radius 1 is 1.40 bits per heavy atom. The van der Waals surface area contributed by atoms with Gasteiger partial charge in [-0.1, -0.05) is 27.5 Å². The SMILES string of the molecule is N#Cc1ccc(O[C@H]2CC[C@H](C(=O)CBr)CC2)cc1Cl. The van der Waals surface area contributed by atoms with Gasteiger partial charge >= 0.3 is 0 Å². The summed E-state index contributed by atoms with van der Waals surface area (Å²) < 4.78 is 5.88. The van der Waals surface area contributed by atoms with Crippen LogP contribution >= 0.6 is 27.5 Å². The van der Waals surface area contributed by atoms with Crippen molar-refractivity contribution in [3.63, 3.8) is 0 Å². The second-order valence-corrected chi connectivity index (χ2v) is 5.91. The number of ether oxygens (including phenoxy) is 1. The Kier molecular flexibility index (Phi) is 5.45. The topological polar surface area (TPSA) is 50.1 Å². The summed E-state index contributed by atoms with van der Waals surface area (Å²) in [7, 11) is 0. The third-order valence-corrected chi connectivity index (χ3v) is 4.49. The first-order valence-corrected chi connectivity index (χ1v) is 8.09. The van der Waals surface area contributed by atoms with Crippen LogP contribution in [0.2, 0.25) is 5.02 Å². The van der Waals surface area contributed by atoms with Gasteiger partial charge < -0.3 is 4.74 Å². The summed E-state index contributed by atoms with van der Waals surface area (Å²) in [6.07, 6.45) is 3.62. The quantitative estimate of drug-likeness (QED) is 0.763. The highest BCUT2D eigenvalue weighted by Gasteiger charge is 2.26. The third-order valence-electron chi connectivity index (χ3n) is 3.63. The fraction of sp³-hybridized carbons (Fsp3) is 0.467. The number of hydrogen-bond acceptors (Lipinski definition) is 3. The molecule has 1 aliphatic carbocycles. The molecule has 3 nitrogen and oxygen atoms in total. The molecule has 0 unspecified atom stereocenters. The second-order valence-electron chi connectivity index (χ2n) is 4.94. The molecule has 0 aromatic heterocycles. The zero-order valence-electron chi connectivity index (χ0n) is 10.9. The maximum Gasteiger partial charge on any atom is 0.146 e. The molecular weight excluding hydrogens is 342 g/mol. The van der Waals surface area contributed by atoms with E-state index in [1.165, 1.54) is 0 Å². The van der Waals surface area contributed by atoms with Gasteiger partial charge in [-0.15, -0.1) is 0 Å².